The van der Waals surface area contributed by atoms with Crippen molar-refractivity contribution in [1.29, 1.82) is 0 Å². The Bertz CT molecular complexity index is 109. The number of rotatable bonds is 5. The molecule has 0 aromatic carbocycles. The Balaban J connectivity index is 3.99. The molecule has 0 spiro atoms. The van der Waals surface area contributed by atoms with Crippen LogP contribution >= 0.6 is 12.6 Å². The average molecular weight is 198 g/mol. The Morgan fingerprint density at radius 3 is 1.67 bits per heavy atom. The summed E-state index contributed by atoms with van der Waals surface area (Å²) < 4.78 is 0. The first kappa shape index (κ1) is 12.2. The van der Waals surface area contributed by atoms with Gasteiger partial charge in [-0.15, -0.1) is 0 Å². The lowest BCUT2D eigenvalue weighted by Gasteiger charge is -2.24. The molecule has 12 heavy (non-hydrogen) atoms. The van der Waals surface area contributed by atoms with Crippen molar-refractivity contribution in [3.63, 3.8) is 0 Å². The lowest BCUT2D eigenvalue weighted by molar-refractivity contribution is -0.109. The second-order valence-corrected chi connectivity index (χ2v) is 2.85. The summed E-state index contributed by atoms with van der Waals surface area (Å²) in [4.78, 5) is 0. The molecule has 0 aliphatic heterocycles. The molecule has 5 N–H and O–H groups in total. The van der Waals surface area contributed by atoms with Crippen molar-refractivity contribution < 1.29 is 25.5 Å². The van der Waals surface area contributed by atoms with E-state index in [0.717, 1.165) is 0 Å². The average Bonchev–Trinajstić information content (AvgIpc) is 2.12. The molecule has 5 nitrogen and oxygen atoms in total. The van der Waals surface area contributed by atoms with Crippen LogP contribution in [0.2, 0.25) is 0 Å². The summed E-state index contributed by atoms with van der Waals surface area (Å²) >= 11 is 3.68. The topological polar surface area (TPSA) is 101 Å². The van der Waals surface area contributed by atoms with Crippen LogP contribution in [-0.4, -0.2) is 62.3 Å². The fraction of sp³-hybridized carbons (Fsp3) is 1.00. The highest BCUT2D eigenvalue weighted by atomic mass is 32.1. The fourth-order valence-corrected chi connectivity index (χ4v) is 0.887. The van der Waals surface area contributed by atoms with E-state index < -0.39 is 31.0 Å². The van der Waals surface area contributed by atoms with E-state index >= 15 is 0 Å². The molecule has 0 saturated heterocycles. The number of aliphatic hydroxyl groups excluding tert-OH is 5. The van der Waals surface area contributed by atoms with Crippen LogP contribution in [0.15, 0.2) is 0 Å². The highest BCUT2D eigenvalue weighted by molar-refractivity contribution is 7.80. The maximum Gasteiger partial charge on any atom is 0.111 e. The van der Waals surface area contributed by atoms with Gasteiger partial charge in [0.15, 0.2) is 0 Å². The molecule has 0 radical (unpaired) electrons. The molecular weight excluding hydrogens is 184 g/mol. The number of hydrogen-bond acceptors (Lipinski definition) is 6. The summed E-state index contributed by atoms with van der Waals surface area (Å²) in [5.41, 5.74) is 0. The van der Waals surface area contributed by atoms with Crippen molar-refractivity contribution >= 4 is 12.6 Å². The Morgan fingerprint density at radius 1 is 0.917 bits per heavy atom. The Labute approximate surface area is 75.7 Å². The maximum absolute atomic E-state index is 9.07. The van der Waals surface area contributed by atoms with Crippen molar-refractivity contribution in [3.05, 3.63) is 0 Å². The number of aliphatic hydroxyl groups is 5. The van der Waals surface area contributed by atoms with Crippen molar-refractivity contribution in [3.8, 4) is 0 Å². The largest absolute Gasteiger partial charge is 0.394 e. The van der Waals surface area contributed by atoms with E-state index in [1.165, 1.54) is 0 Å². The van der Waals surface area contributed by atoms with Gasteiger partial charge in [0.2, 0.25) is 0 Å². The van der Waals surface area contributed by atoms with Crippen LogP contribution in [0, 0.1) is 0 Å². The van der Waals surface area contributed by atoms with E-state index in [0.29, 0.717) is 0 Å². The van der Waals surface area contributed by atoms with E-state index in [9.17, 15) is 0 Å². The van der Waals surface area contributed by atoms with Crippen LogP contribution in [-0.2, 0) is 0 Å². The summed E-state index contributed by atoms with van der Waals surface area (Å²) in [6, 6.07) is 0. The Morgan fingerprint density at radius 2 is 1.33 bits per heavy atom. The summed E-state index contributed by atoms with van der Waals surface area (Å²) in [5, 5.41) is 44.3. The second-order valence-electron chi connectivity index (χ2n) is 2.48. The van der Waals surface area contributed by atoms with E-state index in [-0.39, 0.29) is 5.75 Å². The maximum atomic E-state index is 9.07. The van der Waals surface area contributed by atoms with Gasteiger partial charge in [0, 0.05) is 5.75 Å². The van der Waals surface area contributed by atoms with Gasteiger partial charge >= 0.3 is 0 Å². The van der Waals surface area contributed by atoms with E-state index in [1.807, 2.05) is 0 Å². The molecule has 6 heteroatoms. The molecule has 74 valence electrons. The molecule has 0 aliphatic rings. The number of thiol groups is 1. The van der Waals surface area contributed by atoms with Crippen LogP contribution < -0.4 is 0 Å². The van der Waals surface area contributed by atoms with Crippen LogP contribution in [0.25, 0.3) is 0 Å². The SMILES string of the molecule is OC[C@H](O)[C@H](O)[C@H](O)[C@H](O)CS. The summed E-state index contributed by atoms with van der Waals surface area (Å²) in [6.07, 6.45) is -5.72. The van der Waals surface area contributed by atoms with Gasteiger partial charge in [-0.05, 0) is 0 Å². The molecule has 0 bridgehead atoms. The molecule has 0 fully saturated rings. The van der Waals surface area contributed by atoms with Gasteiger partial charge in [0.25, 0.3) is 0 Å². The minimum Gasteiger partial charge on any atom is -0.394 e. The fourth-order valence-electron chi connectivity index (χ4n) is 0.671. The molecule has 0 unspecified atom stereocenters. The van der Waals surface area contributed by atoms with E-state index in [4.69, 9.17) is 25.5 Å². The summed E-state index contributed by atoms with van der Waals surface area (Å²) in [6.45, 7) is -0.669. The highest BCUT2D eigenvalue weighted by Crippen LogP contribution is 2.05. The van der Waals surface area contributed by atoms with Gasteiger partial charge < -0.3 is 25.5 Å². The quantitative estimate of drug-likeness (QED) is 0.271. The molecule has 0 aromatic heterocycles. The van der Waals surface area contributed by atoms with Crippen LogP contribution in [0.3, 0.4) is 0 Å². The Kier molecular flexibility index (Phi) is 5.81. The predicted octanol–water partition coefficient (Wildman–Crippen LogP) is -2.65. The predicted molar refractivity (Wildman–Crippen MR) is 45.0 cm³/mol. The van der Waals surface area contributed by atoms with Gasteiger partial charge in [-0.3, -0.25) is 0 Å². The zero-order valence-corrected chi connectivity index (χ0v) is 7.30. The third kappa shape index (κ3) is 3.26. The van der Waals surface area contributed by atoms with Gasteiger partial charge in [0.05, 0.1) is 12.7 Å². The third-order valence-electron chi connectivity index (χ3n) is 1.51. The van der Waals surface area contributed by atoms with E-state index in [2.05, 4.69) is 12.6 Å². The summed E-state index contributed by atoms with van der Waals surface area (Å²) in [7, 11) is 0. The molecule has 0 aromatic rings. The minimum absolute atomic E-state index is 0.0314. The van der Waals surface area contributed by atoms with Crippen molar-refractivity contribution in [2.75, 3.05) is 12.4 Å². The van der Waals surface area contributed by atoms with Gasteiger partial charge in [-0.25, -0.2) is 0 Å². The lowest BCUT2D eigenvalue weighted by Crippen LogP contribution is -2.46. The van der Waals surface area contributed by atoms with Gasteiger partial charge in [-0.1, -0.05) is 0 Å². The van der Waals surface area contributed by atoms with Gasteiger partial charge in [0.1, 0.15) is 18.3 Å². The van der Waals surface area contributed by atoms with Crippen LogP contribution in [0.5, 0.6) is 0 Å². The molecular formula is C6H14O5S. The van der Waals surface area contributed by atoms with Crippen LogP contribution in [0.4, 0.5) is 0 Å². The standard InChI is InChI=1S/C6H14O5S/c7-1-3(8)5(10)6(11)4(9)2-12/h3-12H,1-2H2/t3-,4+,5-,6+/m0/s1. The zero-order chi connectivity index (χ0) is 9.72. The van der Waals surface area contributed by atoms with Crippen LogP contribution in [0.1, 0.15) is 0 Å². The number of hydrogen-bond donors (Lipinski definition) is 6. The first-order chi connectivity index (χ1) is 5.54. The zero-order valence-electron chi connectivity index (χ0n) is 6.41. The minimum atomic E-state index is -1.56. The Hall–Kier alpha value is 0.150. The van der Waals surface area contributed by atoms with Gasteiger partial charge in [-0.2, -0.15) is 12.6 Å². The first-order valence-corrected chi connectivity index (χ1v) is 4.11. The molecule has 0 saturated carbocycles. The third-order valence-corrected chi connectivity index (χ3v) is 1.89. The molecule has 0 aliphatic carbocycles. The normalized spacial score (nSPS) is 21.5. The van der Waals surface area contributed by atoms with E-state index in [1.54, 1.807) is 0 Å². The smallest absolute Gasteiger partial charge is 0.111 e. The van der Waals surface area contributed by atoms with Crippen molar-refractivity contribution in [1.82, 2.24) is 0 Å². The lowest BCUT2D eigenvalue weighted by atomic mass is 10.0. The first-order valence-electron chi connectivity index (χ1n) is 3.48. The van der Waals surface area contributed by atoms with Crippen molar-refractivity contribution in [2.45, 2.75) is 24.4 Å². The molecule has 0 rings (SSSR count). The monoisotopic (exact) mass is 198 g/mol. The molecule has 4 atom stereocenters. The molecule has 0 amide bonds. The second kappa shape index (κ2) is 5.74. The summed E-state index contributed by atoms with van der Waals surface area (Å²) in [5.74, 6) is -0.0314. The molecule has 0 heterocycles. The van der Waals surface area contributed by atoms with Crippen molar-refractivity contribution in [2.24, 2.45) is 0 Å². The highest BCUT2D eigenvalue weighted by Gasteiger charge is 2.28.